The van der Waals surface area contributed by atoms with Crippen molar-refractivity contribution in [2.24, 2.45) is 11.8 Å². The van der Waals surface area contributed by atoms with E-state index in [1.807, 2.05) is 6.07 Å². The number of carbonyl (C=O) groups excluding carboxylic acids is 2. The Morgan fingerprint density at radius 3 is 2.34 bits per heavy atom. The summed E-state index contributed by atoms with van der Waals surface area (Å²) >= 11 is 0. The number of carboxylic acids is 1. The van der Waals surface area contributed by atoms with Crippen LogP contribution in [0, 0.1) is 17.7 Å². The Morgan fingerprint density at radius 1 is 0.966 bits per heavy atom. The summed E-state index contributed by atoms with van der Waals surface area (Å²) in [5, 5.41) is 14.6. The van der Waals surface area contributed by atoms with E-state index >= 15 is 0 Å². The monoisotopic (exact) mass is 398 g/mol. The minimum Gasteiger partial charge on any atom is -0.481 e. The first-order chi connectivity index (χ1) is 13.9. The molecule has 0 atom stereocenters. The van der Waals surface area contributed by atoms with Crippen LogP contribution in [-0.2, 0) is 16.1 Å². The van der Waals surface area contributed by atoms with Crippen molar-refractivity contribution in [1.29, 1.82) is 0 Å². The van der Waals surface area contributed by atoms with Gasteiger partial charge in [0.1, 0.15) is 5.82 Å². The second-order valence-corrected chi connectivity index (χ2v) is 7.27. The predicted molar refractivity (Wildman–Crippen MR) is 106 cm³/mol. The summed E-state index contributed by atoms with van der Waals surface area (Å²) < 4.78 is 13.3. The number of carbonyl (C=O) groups is 3. The van der Waals surface area contributed by atoms with E-state index in [9.17, 15) is 18.8 Å². The van der Waals surface area contributed by atoms with Gasteiger partial charge in [-0.15, -0.1) is 0 Å². The molecule has 2 amide bonds. The number of amides is 2. The van der Waals surface area contributed by atoms with Gasteiger partial charge in [0.15, 0.2) is 0 Å². The summed E-state index contributed by atoms with van der Waals surface area (Å²) in [5.74, 6) is -2.28. The van der Waals surface area contributed by atoms with Crippen LogP contribution >= 0.6 is 0 Å². The lowest BCUT2D eigenvalue weighted by atomic mass is 9.81. The molecule has 1 fully saturated rings. The number of aliphatic carboxylic acids is 1. The van der Waals surface area contributed by atoms with Crippen LogP contribution in [0.15, 0.2) is 48.5 Å². The highest BCUT2D eigenvalue weighted by Crippen LogP contribution is 2.29. The van der Waals surface area contributed by atoms with Gasteiger partial charge >= 0.3 is 5.97 Å². The summed E-state index contributed by atoms with van der Waals surface area (Å²) in [5.41, 5.74) is 1.59. The fourth-order valence-corrected chi connectivity index (χ4v) is 3.53. The zero-order valence-electron chi connectivity index (χ0n) is 15.9. The summed E-state index contributed by atoms with van der Waals surface area (Å²) in [7, 11) is 0. The number of carboxylic acid groups (broad SMARTS) is 1. The van der Waals surface area contributed by atoms with Crippen LogP contribution in [0.1, 0.15) is 41.6 Å². The molecule has 1 aliphatic carbocycles. The van der Waals surface area contributed by atoms with E-state index in [1.54, 1.807) is 18.2 Å². The van der Waals surface area contributed by atoms with Crippen LogP contribution in [-0.4, -0.2) is 22.9 Å². The van der Waals surface area contributed by atoms with E-state index in [4.69, 9.17) is 5.11 Å². The Hall–Kier alpha value is -3.22. The zero-order valence-corrected chi connectivity index (χ0v) is 15.9. The molecule has 1 aliphatic rings. The van der Waals surface area contributed by atoms with Gasteiger partial charge in [-0.1, -0.05) is 18.2 Å². The number of rotatable bonds is 6. The predicted octanol–water partition coefficient (Wildman–Crippen LogP) is 3.59. The summed E-state index contributed by atoms with van der Waals surface area (Å²) in [4.78, 5) is 35.6. The molecule has 0 aromatic heterocycles. The van der Waals surface area contributed by atoms with Gasteiger partial charge in [0.05, 0.1) is 5.92 Å². The van der Waals surface area contributed by atoms with Gasteiger partial charge in [-0.2, -0.15) is 0 Å². The van der Waals surface area contributed by atoms with Crippen molar-refractivity contribution in [3.63, 3.8) is 0 Å². The van der Waals surface area contributed by atoms with Gasteiger partial charge in [0.25, 0.3) is 5.91 Å². The van der Waals surface area contributed by atoms with Gasteiger partial charge in [-0.25, -0.2) is 4.39 Å². The highest BCUT2D eigenvalue weighted by Gasteiger charge is 2.29. The van der Waals surface area contributed by atoms with Crippen molar-refractivity contribution >= 4 is 23.5 Å². The quantitative estimate of drug-likeness (QED) is 0.693. The fraction of sp³-hybridized carbons (Fsp3) is 0.318. The van der Waals surface area contributed by atoms with E-state index in [0.29, 0.717) is 37.9 Å². The fourth-order valence-electron chi connectivity index (χ4n) is 3.53. The number of nitrogens with one attached hydrogen (secondary N) is 2. The third-order valence-electron chi connectivity index (χ3n) is 5.19. The normalized spacial score (nSPS) is 18.7. The van der Waals surface area contributed by atoms with Crippen LogP contribution < -0.4 is 10.6 Å². The van der Waals surface area contributed by atoms with Crippen molar-refractivity contribution in [2.45, 2.75) is 32.2 Å². The Morgan fingerprint density at radius 2 is 1.66 bits per heavy atom. The molecule has 152 valence electrons. The summed E-state index contributed by atoms with van der Waals surface area (Å²) in [6.07, 6.45) is 2.20. The maximum absolute atomic E-state index is 13.3. The number of halogens is 1. The van der Waals surface area contributed by atoms with Gasteiger partial charge in [0.2, 0.25) is 5.91 Å². The highest BCUT2D eigenvalue weighted by molar-refractivity contribution is 6.04. The molecule has 1 saturated carbocycles. The van der Waals surface area contributed by atoms with Gasteiger partial charge in [0, 0.05) is 23.7 Å². The first-order valence-electron chi connectivity index (χ1n) is 9.59. The lowest BCUT2D eigenvalue weighted by Gasteiger charge is -2.25. The number of benzene rings is 2. The average Bonchev–Trinajstić information content (AvgIpc) is 2.72. The molecular weight excluding hydrogens is 375 g/mol. The zero-order chi connectivity index (χ0) is 20.8. The molecule has 29 heavy (non-hydrogen) atoms. The van der Waals surface area contributed by atoms with E-state index < -0.39 is 17.7 Å². The van der Waals surface area contributed by atoms with Gasteiger partial charge in [-0.3, -0.25) is 14.4 Å². The van der Waals surface area contributed by atoms with E-state index in [-0.39, 0.29) is 23.3 Å². The van der Waals surface area contributed by atoms with Gasteiger partial charge < -0.3 is 15.7 Å². The molecule has 6 nitrogen and oxygen atoms in total. The van der Waals surface area contributed by atoms with Gasteiger partial charge in [-0.05, 0) is 61.6 Å². The summed E-state index contributed by atoms with van der Waals surface area (Å²) in [6.45, 7) is 0.307. The third-order valence-corrected chi connectivity index (χ3v) is 5.19. The van der Waals surface area contributed by atoms with Crippen LogP contribution in [0.25, 0.3) is 0 Å². The smallest absolute Gasteiger partial charge is 0.306 e. The van der Waals surface area contributed by atoms with Crippen molar-refractivity contribution in [1.82, 2.24) is 5.32 Å². The molecule has 3 N–H and O–H groups in total. The van der Waals surface area contributed by atoms with E-state index in [0.717, 1.165) is 5.56 Å². The first-order valence-corrected chi connectivity index (χ1v) is 9.59. The molecule has 0 heterocycles. The second-order valence-electron chi connectivity index (χ2n) is 7.27. The molecule has 0 radical (unpaired) electrons. The minimum atomic E-state index is -0.791. The van der Waals surface area contributed by atoms with Crippen molar-refractivity contribution in [3.8, 4) is 0 Å². The third kappa shape index (κ3) is 5.63. The van der Waals surface area contributed by atoms with Crippen LogP contribution in [0.5, 0.6) is 0 Å². The summed E-state index contributed by atoms with van der Waals surface area (Å²) in [6, 6.07) is 12.5. The van der Waals surface area contributed by atoms with Crippen LogP contribution in [0.4, 0.5) is 10.1 Å². The number of hydrogen-bond acceptors (Lipinski definition) is 3. The molecule has 2 aromatic rings. The molecule has 0 bridgehead atoms. The minimum absolute atomic E-state index is 0.0805. The Kier molecular flexibility index (Phi) is 6.59. The van der Waals surface area contributed by atoms with E-state index in [2.05, 4.69) is 10.6 Å². The molecule has 3 rings (SSSR count). The van der Waals surface area contributed by atoms with Crippen molar-refractivity contribution in [2.75, 3.05) is 5.32 Å². The first kappa shape index (κ1) is 20.5. The van der Waals surface area contributed by atoms with Crippen LogP contribution in [0.2, 0.25) is 0 Å². The lowest BCUT2D eigenvalue weighted by molar-refractivity contribution is -0.144. The van der Waals surface area contributed by atoms with Crippen LogP contribution in [0.3, 0.4) is 0 Å². The highest BCUT2D eigenvalue weighted by atomic mass is 19.1. The van der Waals surface area contributed by atoms with Crippen molar-refractivity contribution < 1.29 is 23.9 Å². The Labute approximate surface area is 168 Å². The average molecular weight is 398 g/mol. The molecule has 0 saturated heterocycles. The Bertz CT molecular complexity index is 907. The molecule has 0 spiro atoms. The topological polar surface area (TPSA) is 95.5 Å². The standard InChI is InChI=1S/C22H23FN2O4/c23-18-5-2-4-17(12-18)21(27)25-19-6-1-3-14(11-19)13-24-20(26)15-7-9-16(10-8-15)22(28)29/h1-6,11-12,15-16H,7-10,13H2,(H,24,26)(H,25,27)(H,28,29). The van der Waals surface area contributed by atoms with Crippen molar-refractivity contribution in [3.05, 3.63) is 65.5 Å². The number of anilines is 1. The number of hydrogen-bond donors (Lipinski definition) is 3. The lowest BCUT2D eigenvalue weighted by Crippen LogP contribution is -2.34. The second kappa shape index (κ2) is 9.32. The maximum atomic E-state index is 13.3. The SMILES string of the molecule is O=C(Nc1cccc(CNC(=O)C2CCC(C(=O)O)CC2)c1)c1cccc(F)c1. The molecule has 0 aliphatic heterocycles. The largest absolute Gasteiger partial charge is 0.481 e. The molecular formula is C22H23FN2O4. The van der Waals surface area contributed by atoms with E-state index in [1.165, 1.54) is 24.3 Å². The molecule has 2 aromatic carbocycles. The maximum Gasteiger partial charge on any atom is 0.306 e. The Balaban J connectivity index is 1.53. The molecule has 0 unspecified atom stereocenters. The molecule has 7 heteroatoms.